The first kappa shape index (κ1) is 13.3. The predicted molar refractivity (Wildman–Crippen MR) is 74.6 cm³/mol. The molecule has 0 bridgehead atoms. The van der Waals surface area contributed by atoms with Crippen molar-refractivity contribution in [3.05, 3.63) is 18.1 Å². The van der Waals surface area contributed by atoms with Crippen molar-refractivity contribution in [2.45, 2.75) is 45.6 Å². The van der Waals surface area contributed by atoms with Crippen molar-refractivity contribution in [3.63, 3.8) is 0 Å². The van der Waals surface area contributed by atoms with Crippen LogP contribution < -0.4 is 10.6 Å². The summed E-state index contributed by atoms with van der Waals surface area (Å²) in [4.78, 5) is 11.1. The fourth-order valence-corrected chi connectivity index (χ4v) is 2.77. The molecule has 1 saturated heterocycles. The number of nitrogens with two attached hydrogens (primary N) is 1. The molecule has 18 heavy (non-hydrogen) atoms. The van der Waals surface area contributed by atoms with Crippen LogP contribution in [0.3, 0.4) is 0 Å². The first-order valence-corrected chi connectivity index (χ1v) is 7.06. The van der Waals surface area contributed by atoms with Gasteiger partial charge in [-0.1, -0.05) is 20.3 Å². The summed E-state index contributed by atoms with van der Waals surface area (Å²) in [5.41, 5.74) is 7.04. The van der Waals surface area contributed by atoms with Crippen molar-refractivity contribution in [1.29, 1.82) is 0 Å². The predicted octanol–water partition coefficient (Wildman–Crippen LogP) is 1.99. The van der Waals surface area contributed by atoms with E-state index in [2.05, 4.69) is 34.8 Å². The second-order valence-electron chi connectivity index (χ2n) is 5.10. The summed E-state index contributed by atoms with van der Waals surface area (Å²) in [5.74, 6) is 1.87. The van der Waals surface area contributed by atoms with Crippen LogP contribution in [-0.2, 0) is 6.42 Å². The minimum absolute atomic E-state index is 0.434. The van der Waals surface area contributed by atoms with Crippen molar-refractivity contribution in [3.8, 4) is 0 Å². The van der Waals surface area contributed by atoms with Crippen LogP contribution in [0.4, 0.5) is 5.82 Å². The molecule has 2 N–H and O–H groups in total. The standard InChI is InChI=1S/C14H24N4/c1-3-11-5-6-18(13(7-11)9-15)14-8-12(4-2)16-10-17-14/h8,10-11,13H,3-7,9,15H2,1-2H3. The van der Waals surface area contributed by atoms with E-state index in [1.165, 1.54) is 19.3 Å². The van der Waals surface area contributed by atoms with Gasteiger partial charge in [0.2, 0.25) is 0 Å². The summed E-state index contributed by atoms with van der Waals surface area (Å²) in [7, 11) is 0. The van der Waals surface area contributed by atoms with Gasteiger partial charge in [-0.05, 0) is 25.2 Å². The van der Waals surface area contributed by atoms with E-state index in [0.29, 0.717) is 12.6 Å². The Kier molecular flexibility index (Phi) is 4.53. The van der Waals surface area contributed by atoms with Crippen LogP contribution >= 0.6 is 0 Å². The monoisotopic (exact) mass is 248 g/mol. The lowest BCUT2D eigenvalue weighted by molar-refractivity contribution is 0.334. The van der Waals surface area contributed by atoms with E-state index in [0.717, 1.165) is 30.4 Å². The maximum atomic E-state index is 5.93. The lowest BCUT2D eigenvalue weighted by Crippen LogP contribution is -2.47. The van der Waals surface area contributed by atoms with E-state index in [4.69, 9.17) is 5.73 Å². The highest BCUT2D eigenvalue weighted by Gasteiger charge is 2.27. The van der Waals surface area contributed by atoms with Crippen molar-refractivity contribution >= 4 is 5.82 Å². The molecule has 4 heteroatoms. The Labute approximate surface area is 110 Å². The number of aromatic nitrogens is 2. The molecule has 0 spiro atoms. The molecule has 0 amide bonds. The average Bonchev–Trinajstić information content (AvgIpc) is 2.46. The van der Waals surface area contributed by atoms with E-state index in [1.54, 1.807) is 6.33 Å². The maximum Gasteiger partial charge on any atom is 0.132 e. The molecule has 1 aromatic rings. The Morgan fingerprint density at radius 1 is 1.39 bits per heavy atom. The molecular formula is C14H24N4. The van der Waals surface area contributed by atoms with Crippen molar-refractivity contribution < 1.29 is 0 Å². The number of hydrogen-bond acceptors (Lipinski definition) is 4. The van der Waals surface area contributed by atoms with Gasteiger partial charge in [0, 0.05) is 30.9 Å². The third-order valence-electron chi connectivity index (χ3n) is 4.04. The summed E-state index contributed by atoms with van der Waals surface area (Å²) in [5, 5.41) is 0. The van der Waals surface area contributed by atoms with E-state index in [9.17, 15) is 0 Å². The van der Waals surface area contributed by atoms with Gasteiger partial charge in [0.05, 0.1) is 0 Å². The molecule has 1 aromatic heterocycles. The molecule has 1 aliphatic heterocycles. The number of anilines is 1. The zero-order valence-electron chi connectivity index (χ0n) is 11.5. The largest absolute Gasteiger partial charge is 0.352 e. The summed E-state index contributed by atoms with van der Waals surface area (Å²) >= 11 is 0. The Morgan fingerprint density at radius 2 is 2.22 bits per heavy atom. The molecule has 2 atom stereocenters. The molecule has 2 rings (SSSR count). The van der Waals surface area contributed by atoms with Gasteiger partial charge in [0.25, 0.3) is 0 Å². The van der Waals surface area contributed by atoms with Crippen LogP contribution in [0.2, 0.25) is 0 Å². The summed E-state index contributed by atoms with van der Waals surface area (Å²) in [6.45, 7) is 6.17. The summed E-state index contributed by atoms with van der Waals surface area (Å²) < 4.78 is 0. The van der Waals surface area contributed by atoms with Gasteiger partial charge in [-0.25, -0.2) is 9.97 Å². The Bertz CT molecular complexity index is 380. The first-order valence-electron chi connectivity index (χ1n) is 7.06. The summed E-state index contributed by atoms with van der Waals surface area (Å²) in [6.07, 6.45) is 6.33. The number of aryl methyl sites for hydroxylation is 1. The molecular weight excluding hydrogens is 224 g/mol. The minimum atomic E-state index is 0.434. The fraction of sp³-hybridized carbons (Fsp3) is 0.714. The molecule has 0 aromatic carbocycles. The van der Waals surface area contributed by atoms with Gasteiger partial charge in [0.1, 0.15) is 12.1 Å². The number of rotatable bonds is 4. The van der Waals surface area contributed by atoms with Crippen LogP contribution in [0.5, 0.6) is 0 Å². The van der Waals surface area contributed by atoms with Gasteiger partial charge >= 0.3 is 0 Å². The van der Waals surface area contributed by atoms with E-state index in [1.807, 2.05) is 0 Å². The number of piperidine rings is 1. The molecule has 0 aliphatic carbocycles. The number of hydrogen-bond donors (Lipinski definition) is 1. The Balaban J connectivity index is 2.15. The van der Waals surface area contributed by atoms with E-state index < -0.39 is 0 Å². The van der Waals surface area contributed by atoms with Crippen molar-refractivity contribution in [2.75, 3.05) is 18.0 Å². The zero-order valence-corrected chi connectivity index (χ0v) is 11.5. The van der Waals surface area contributed by atoms with Crippen molar-refractivity contribution in [1.82, 2.24) is 9.97 Å². The highest BCUT2D eigenvalue weighted by molar-refractivity contribution is 5.41. The summed E-state index contributed by atoms with van der Waals surface area (Å²) in [6, 6.07) is 2.54. The first-order chi connectivity index (χ1) is 8.78. The lowest BCUT2D eigenvalue weighted by atomic mass is 9.89. The van der Waals surface area contributed by atoms with Crippen LogP contribution in [-0.4, -0.2) is 29.1 Å². The lowest BCUT2D eigenvalue weighted by Gasteiger charge is -2.39. The van der Waals surface area contributed by atoms with Crippen LogP contribution in [0, 0.1) is 5.92 Å². The topological polar surface area (TPSA) is 55.0 Å². The van der Waals surface area contributed by atoms with Crippen LogP contribution in [0.25, 0.3) is 0 Å². The van der Waals surface area contributed by atoms with Gasteiger partial charge in [-0.15, -0.1) is 0 Å². The highest BCUT2D eigenvalue weighted by Crippen LogP contribution is 2.28. The molecule has 100 valence electrons. The fourth-order valence-electron chi connectivity index (χ4n) is 2.77. The third-order valence-corrected chi connectivity index (χ3v) is 4.04. The van der Waals surface area contributed by atoms with Gasteiger partial charge in [0.15, 0.2) is 0 Å². The third kappa shape index (κ3) is 2.80. The molecule has 2 unspecified atom stereocenters. The van der Waals surface area contributed by atoms with Crippen molar-refractivity contribution in [2.24, 2.45) is 11.7 Å². The number of nitrogens with zero attached hydrogens (tertiary/aromatic N) is 3. The second kappa shape index (κ2) is 6.14. The van der Waals surface area contributed by atoms with Gasteiger partial charge in [-0.3, -0.25) is 0 Å². The average molecular weight is 248 g/mol. The Hall–Kier alpha value is -1.16. The van der Waals surface area contributed by atoms with Crippen LogP contribution in [0.15, 0.2) is 12.4 Å². The molecule has 1 fully saturated rings. The van der Waals surface area contributed by atoms with Gasteiger partial charge in [-0.2, -0.15) is 0 Å². The zero-order chi connectivity index (χ0) is 13.0. The van der Waals surface area contributed by atoms with E-state index >= 15 is 0 Å². The highest BCUT2D eigenvalue weighted by atomic mass is 15.2. The molecule has 4 nitrogen and oxygen atoms in total. The molecule has 2 heterocycles. The molecule has 0 radical (unpaired) electrons. The SMILES string of the molecule is CCc1cc(N2CCC(CC)CC2CN)ncn1. The quantitative estimate of drug-likeness (QED) is 0.885. The van der Waals surface area contributed by atoms with Gasteiger partial charge < -0.3 is 10.6 Å². The molecule has 0 saturated carbocycles. The second-order valence-corrected chi connectivity index (χ2v) is 5.10. The smallest absolute Gasteiger partial charge is 0.132 e. The Morgan fingerprint density at radius 3 is 2.89 bits per heavy atom. The van der Waals surface area contributed by atoms with Crippen LogP contribution in [0.1, 0.15) is 38.8 Å². The normalized spacial score (nSPS) is 24.3. The molecule has 1 aliphatic rings. The van der Waals surface area contributed by atoms with E-state index in [-0.39, 0.29) is 0 Å². The minimum Gasteiger partial charge on any atom is -0.352 e. The maximum absolute atomic E-state index is 5.93.